The van der Waals surface area contributed by atoms with Crippen LogP contribution in [-0.4, -0.2) is 12.0 Å². The summed E-state index contributed by atoms with van der Waals surface area (Å²) in [7, 11) is 1.87. The smallest absolute Gasteiger partial charge is 0.219 e. The predicted molar refractivity (Wildman–Crippen MR) is 85.6 cm³/mol. The molecule has 0 atom stereocenters. The van der Waals surface area contributed by atoms with Crippen molar-refractivity contribution in [3.05, 3.63) is 50.8 Å². The number of halogens is 3. The number of benzene rings is 1. The van der Waals surface area contributed by atoms with Gasteiger partial charge in [-0.2, -0.15) is 0 Å². The molecule has 0 unspecified atom stereocenters. The van der Waals surface area contributed by atoms with Gasteiger partial charge in [0.25, 0.3) is 0 Å². The first kappa shape index (κ1) is 16.2. The summed E-state index contributed by atoms with van der Waals surface area (Å²) >= 11 is 9.03. The zero-order chi connectivity index (χ0) is 15.4. The molecule has 0 aliphatic heterocycles. The van der Waals surface area contributed by atoms with Gasteiger partial charge in [-0.3, -0.25) is 0 Å². The van der Waals surface area contributed by atoms with Crippen LogP contribution in [0.4, 0.5) is 4.39 Å². The van der Waals surface area contributed by atoms with Crippen LogP contribution in [-0.2, 0) is 13.0 Å². The van der Waals surface area contributed by atoms with Gasteiger partial charge in [-0.05, 0) is 47.1 Å². The summed E-state index contributed by atoms with van der Waals surface area (Å²) in [6, 6.07) is 6.55. The van der Waals surface area contributed by atoms with Crippen LogP contribution in [0.25, 0.3) is 0 Å². The molecule has 1 N–H and O–H groups in total. The van der Waals surface area contributed by atoms with Gasteiger partial charge in [0.1, 0.15) is 11.6 Å². The third-order valence-corrected chi connectivity index (χ3v) is 3.76. The lowest BCUT2D eigenvalue weighted by Crippen LogP contribution is -2.06. The van der Waals surface area contributed by atoms with E-state index in [0.29, 0.717) is 22.6 Å². The standard InChI is InChI=1S/C15H15BrClFN2O/c1-3-10-4-9(8-19-2)5-15(20-10)21-14-7-13(18)12(17)6-11(14)16/h4-7,19H,3,8H2,1-2H3. The molecule has 1 aromatic heterocycles. The predicted octanol–water partition coefficient (Wildman–Crippen LogP) is 4.71. The van der Waals surface area contributed by atoms with Gasteiger partial charge >= 0.3 is 0 Å². The van der Waals surface area contributed by atoms with Crippen molar-refractivity contribution in [1.82, 2.24) is 10.3 Å². The molecule has 2 aromatic rings. The molecule has 0 radical (unpaired) electrons. The molecule has 6 heteroatoms. The first-order chi connectivity index (χ1) is 10.0. The summed E-state index contributed by atoms with van der Waals surface area (Å²) in [6.45, 7) is 2.73. The Balaban J connectivity index is 2.34. The third-order valence-electron chi connectivity index (χ3n) is 2.85. The minimum absolute atomic E-state index is 0.0420. The van der Waals surface area contributed by atoms with E-state index >= 15 is 0 Å². The lowest BCUT2D eigenvalue weighted by molar-refractivity contribution is 0.452. The zero-order valence-electron chi connectivity index (χ0n) is 11.7. The maximum atomic E-state index is 13.5. The van der Waals surface area contributed by atoms with E-state index in [2.05, 4.69) is 26.2 Å². The van der Waals surface area contributed by atoms with Gasteiger partial charge in [-0.25, -0.2) is 9.37 Å². The minimum atomic E-state index is -0.531. The summed E-state index contributed by atoms with van der Waals surface area (Å²) in [5, 5.41) is 3.13. The number of rotatable bonds is 5. The second-order valence-electron chi connectivity index (χ2n) is 4.49. The number of nitrogens with one attached hydrogen (secondary N) is 1. The highest BCUT2D eigenvalue weighted by atomic mass is 79.9. The zero-order valence-corrected chi connectivity index (χ0v) is 14.1. The normalized spacial score (nSPS) is 10.7. The fraction of sp³-hybridized carbons (Fsp3) is 0.267. The Morgan fingerprint density at radius 2 is 2.10 bits per heavy atom. The van der Waals surface area contributed by atoms with Crippen molar-refractivity contribution in [3.63, 3.8) is 0 Å². The third kappa shape index (κ3) is 4.15. The number of aryl methyl sites for hydroxylation is 1. The van der Waals surface area contributed by atoms with Crippen molar-refractivity contribution in [2.24, 2.45) is 0 Å². The molecular formula is C15H15BrClFN2O. The van der Waals surface area contributed by atoms with E-state index < -0.39 is 5.82 Å². The summed E-state index contributed by atoms with van der Waals surface area (Å²) < 4.78 is 19.8. The fourth-order valence-electron chi connectivity index (χ4n) is 1.86. The van der Waals surface area contributed by atoms with E-state index in [9.17, 15) is 4.39 Å². The van der Waals surface area contributed by atoms with E-state index in [0.717, 1.165) is 17.7 Å². The molecule has 0 saturated carbocycles. The monoisotopic (exact) mass is 372 g/mol. The van der Waals surface area contributed by atoms with Crippen LogP contribution in [0.5, 0.6) is 11.6 Å². The number of hydrogen-bond acceptors (Lipinski definition) is 3. The van der Waals surface area contributed by atoms with Gasteiger partial charge in [0, 0.05) is 24.4 Å². The highest BCUT2D eigenvalue weighted by Gasteiger charge is 2.11. The van der Waals surface area contributed by atoms with Gasteiger partial charge in [0.2, 0.25) is 5.88 Å². The van der Waals surface area contributed by atoms with Crippen LogP contribution in [0.3, 0.4) is 0 Å². The minimum Gasteiger partial charge on any atom is -0.438 e. The van der Waals surface area contributed by atoms with Crippen molar-refractivity contribution in [2.75, 3.05) is 7.05 Å². The first-order valence-electron chi connectivity index (χ1n) is 6.50. The van der Waals surface area contributed by atoms with Crippen LogP contribution in [0.2, 0.25) is 5.02 Å². The van der Waals surface area contributed by atoms with Gasteiger partial charge in [-0.15, -0.1) is 0 Å². The molecule has 0 saturated heterocycles. The van der Waals surface area contributed by atoms with Gasteiger partial charge in [0.15, 0.2) is 0 Å². The number of pyridine rings is 1. The van der Waals surface area contributed by atoms with Crippen LogP contribution in [0.1, 0.15) is 18.2 Å². The Labute approximate surface area is 136 Å². The van der Waals surface area contributed by atoms with Crippen LogP contribution in [0.15, 0.2) is 28.7 Å². The molecule has 0 fully saturated rings. The molecular weight excluding hydrogens is 359 g/mol. The van der Waals surface area contributed by atoms with Crippen LogP contribution < -0.4 is 10.1 Å². The van der Waals surface area contributed by atoms with Crippen molar-refractivity contribution in [3.8, 4) is 11.6 Å². The molecule has 0 aliphatic rings. The number of hydrogen-bond donors (Lipinski definition) is 1. The highest BCUT2D eigenvalue weighted by molar-refractivity contribution is 9.10. The Morgan fingerprint density at radius 3 is 2.76 bits per heavy atom. The second kappa shape index (κ2) is 7.20. The van der Waals surface area contributed by atoms with Crippen LogP contribution >= 0.6 is 27.5 Å². The summed E-state index contributed by atoms with van der Waals surface area (Å²) in [6.07, 6.45) is 0.796. The van der Waals surface area contributed by atoms with Crippen molar-refractivity contribution in [2.45, 2.75) is 19.9 Å². The number of nitrogens with zero attached hydrogens (tertiary/aromatic N) is 1. The largest absolute Gasteiger partial charge is 0.438 e. The molecule has 1 aromatic carbocycles. The molecule has 0 spiro atoms. The Bertz CT molecular complexity index is 652. The van der Waals surface area contributed by atoms with Gasteiger partial charge in [-0.1, -0.05) is 18.5 Å². The summed E-state index contributed by atoms with van der Waals surface area (Å²) in [4.78, 5) is 4.40. The molecule has 0 bridgehead atoms. The van der Waals surface area contributed by atoms with Gasteiger partial charge < -0.3 is 10.1 Å². The molecule has 21 heavy (non-hydrogen) atoms. The van der Waals surface area contributed by atoms with E-state index in [1.807, 2.05) is 26.1 Å². The molecule has 112 valence electrons. The van der Waals surface area contributed by atoms with E-state index in [1.165, 1.54) is 12.1 Å². The molecule has 3 nitrogen and oxygen atoms in total. The van der Waals surface area contributed by atoms with Crippen molar-refractivity contribution in [1.29, 1.82) is 0 Å². The maximum absolute atomic E-state index is 13.5. The summed E-state index contributed by atoms with van der Waals surface area (Å²) in [5.41, 5.74) is 1.98. The fourth-order valence-corrected chi connectivity index (χ4v) is 2.57. The van der Waals surface area contributed by atoms with Gasteiger partial charge in [0.05, 0.1) is 9.50 Å². The quantitative estimate of drug-likeness (QED) is 0.771. The number of ether oxygens (including phenoxy) is 1. The Hall–Kier alpha value is -1.17. The summed E-state index contributed by atoms with van der Waals surface area (Å²) in [5.74, 6) is 0.243. The molecule has 0 aliphatic carbocycles. The van der Waals surface area contributed by atoms with Crippen molar-refractivity contribution < 1.29 is 9.13 Å². The van der Waals surface area contributed by atoms with Crippen molar-refractivity contribution >= 4 is 27.5 Å². The van der Waals surface area contributed by atoms with E-state index in [4.69, 9.17) is 16.3 Å². The Morgan fingerprint density at radius 1 is 1.33 bits per heavy atom. The second-order valence-corrected chi connectivity index (χ2v) is 5.75. The van der Waals surface area contributed by atoms with E-state index in [-0.39, 0.29) is 5.02 Å². The lowest BCUT2D eigenvalue weighted by atomic mass is 10.2. The average Bonchev–Trinajstić information content (AvgIpc) is 2.45. The van der Waals surface area contributed by atoms with Crippen LogP contribution in [0, 0.1) is 5.82 Å². The SMILES string of the molecule is CCc1cc(CNC)cc(Oc2cc(F)c(Cl)cc2Br)n1. The molecule has 0 amide bonds. The molecule has 1 heterocycles. The lowest BCUT2D eigenvalue weighted by Gasteiger charge is -2.11. The topological polar surface area (TPSA) is 34.1 Å². The highest BCUT2D eigenvalue weighted by Crippen LogP contribution is 2.33. The Kier molecular flexibility index (Phi) is 5.56. The maximum Gasteiger partial charge on any atom is 0.219 e. The first-order valence-corrected chi connectivity index (χ1v) is 7.67. The molecule has 2 rings (SSSR count). The average molecular weight is 374 g/mol. The number of aromatic nitrogens is 1. The van der Waals surface area contributed by atoms with E-state index in [1.54, 1.807) is 0 Å².